The highest BCUT2D eigenvalue weighted by Crippen LogP contribution is 2.43. The zero-order valence-corrected chi connectivity index (χ0v) is 51.0. The molecule has 74 heavy (non-hydrogen) atoms. The number of quaternary nitrogens is 1. The van der Waals surface area contributed by atoms with Crippen LogP contribution >= 0.6 is 7.82 Å². The average Bonchev–Trinajstić information content (AvgIpc) is 3.36. The molecule has 0 bridgehead atoms. The van der Waals surface area contributed by atoms with E-state index in [1.807, 2.05) is 33.3 Å². The Labute approximate surface area is 460 Å². The summed E-state index contributed by atoms with van der Waals surface area (Å²) in [4.78, 5) is 37.7. The summed E-state index contributed by atoms with van der Waals surface area (Å²) in [5.74, 6) is -0.489. The molecule has 0 aliphatic rings. The molecule has 0 aliphatic carbocycles. The van der Waals surface area contributed by atoms with E-state index in [-0.39, 0.29) is 25.1 Å². The summed E-state index contributed by atoms with van der Waals surface area (Å²) in [7, 11) is 1.51. The van der Waals surface area contributed by atoms with Crippen molar-refractivity contribution in [1.82, 2.24) is 5.32 Å². The van der Waals surface area contributed by atoms with E-state index >= 15 is 0 Å². The van der Waals surface area contributed by atoms with Crippen molar-refractivity contribution < 1.29 is 37.3 Å². The third-order valence-electron chi connectivity index (χ3n) is 14.6. The largest absolute Gasteiger partial charge is 0.472 e. The van der Waals surface area contributed by atoms with E-state index in [4.69, 9.17) is 13.8 Å². The van der Waals surface area contributed by atoms with Gasteiger partial charge >= 0.3 is 13.8 Å². The standard InChI is InChI=1S/C64H125N2O7P/c1-7-10-13-16-19-22-25-27-29-31-32-33-34-35-37-39-42-45-48-51-54-57-64(68)73-62(55-52-49-46-43-40-24-21-18-15-12-9-3)61(60-72-74(69,70)71-59-58-66(4,5)6)65-63(67)56-53-50-47-44-41-38-36-30-28-26-23-20-17-14-11-8-2/h27,29,52,55,61-62H,7-26,28,30-51,53-54,56-60H2,1-6H3,(H-,65,67,69,70)/p+1/b29-27+,55-52+. The van der Waals surface area contributed by atoms with Crippen LogP contribution in [0.4, 0.5) is 0 Å². The van der Waals surface area contributed by atoms with E-state index in [0.29, 0.717) is 23.9 Å². The van der Waals surface area contributed by atoms with Gasteiger partial charge in [0, 0.05) is 12.8 Å². The van der Waals surface area contributed by atoms with Crippen LogP contribution in [0, 0.1) is 0 Å². The Hall–Kier alpha value is -1.51. The van der Waals surface area contributed by atoms with Gasteiger partial charge in [-0.1, -0.05) is 277 Å². The number of rotatable bonds is 59. The third-order valence-corrected chi connectivity index (χ3v) is 15.6. The van der Waals surface area contributed by atoms with Crippen LogP contribution < -0.4 is 5.32 Å². The number of likely N-dealkylation sites (N-methyl/N-ethyl adjacent to an activating group) is 1. The van der Waals surface area contributed by atoms with Gasteiger partial charge in [0.05, 0.1) is 33.8 Å². The summed E-state index contributed by atoms with van der Waals surface area (Å²) in [6.07, 6.45) is 64.6. The zero-order chi connectivity index (χ0) is 54.3. The second-order valence-corrected chi connectivity index (χ2v) is 24.7. The molecule has 3 unspecified atom stereocenters. The van der Waals surface area contributed by atoms with Gasteiger partial charge in [0.15, 0.2) is 0 Å². The molecule has 0 aromatic rings. The van der Waals surface area contributed by atoms with Crippen LogP contribution in [0.5, 0.6) is 0 Å². The topological polar surface area (TPSA) is 111 Å². The molecule has 2 N–H and O–H groups in total. The minimum atomic E-state index is -4.44. The number of carbonyl (C=O) groups is 2. The van der Waals surface area contributed by atoms with Crippen LogP contribution in [0.2, 0.25) is 0 Å². The number of unbranched alkanes of at least 4 members (excludes halogenated alkanes) is 41. The fraction of sp³-hybridized carbons (Fsp3) is 0.906. The van der Waals surface area contributed by atoms with Gasteiger partial charge in [0.25, 0.3) is 0 Å². The molecule has 3 atom stereocenters. The highest BCUT2D eigenvalue weighted by atomic mass is 31.2. The van der Waals surface area contributed by atoms with Crippen LogP contribution in [-0.2, 0) is 27.9 Å². The van der Waals surface area contributed by atoms with Gasteiger partial charge in [0.2, 0.25) is 5.91 Å². The number of nitrogens with zero attached hydrogens (tertiary/aromatic N) is 1. The number of esters is 1. The van der Waals surface area contributed by atoms with Crippen molar-refractivity contribution in [1.29, 1.82) is 0 Å². The molecular weight excluding hydrogens is 940 g/mol. The summed E-state index contributed by atoms with van der Waals surface area (Å²) in [6.45, 7) is 7.05. The summed E-state index contributed by atoms with van der Waals surface area (Å²) in [5.41, 5.74) is 0. The molecule has 0 aromatic heterocycles. The highest BCUT2D eigenvalue weighted by molar-refractivity contribution is 7.47. The van der Waals surface area contributed by atoms with E-state index in [9.17, 15) is 19.0 Å². The lowest BCUT2D eigenvalue weighted by molar-refractivity contribution is -0.870. The molecule has 0 spiro atoms. The lowest BCUT2D eigenvalue weighted by Crippen LogP contribution is -2.47. The molecule has 0 fully saturated rings. The SMILES string of the molecule is CCCCCCCC/C=C/CCCCCCCCCCCCCC(=O)OC(/C=C/CCCCCCCCCCC)C(COP(=O)(O)OCC[N+](C)(C)C)NC(=O)CCCCCCCCCCCCCCCCCC. The minimum absolute atomic E-state index is 0.0439. The van der Waals surface area contributed by atoms with Crippen molar-refractivity contribution in [2.24, 2.45) is 0 Å². The number of hydrogen-bond acceptors (Lipinski definition) is 6. The number of allylic oxidation sites excluding steroid dienone is 3. The molecule has 0 saturated heterocycles. The lowest BCUT2D eigenvalue weighted by atomic mass is 10.0. The first-order valence-electron chi connectivity index (χ1n) is 32.2. The smallest absolute Gasteiger partial charge is 0.456 e. The number of phosphoric acid groups is 1. The molecule has 1 amide bonds. The summed E-state index contributed by atoms with van der Waals surface area (Å²) < 4.78 is 30.7. The van der Waals surface area contributed by atoms with Crippen LogP contribution in [-0.4, -0.2) is 74.3 Å². The Balaban J connectivity index is 5.13. The quantitative estimate of drug-likeness (QED) is 0.0205. The van der Waals surface area contributed by atoms with Gasteiger partial charge in [0.1, 0.15) is 19.3 Å². The van der Waals surface area contributed by atoms with Crippen LogP contribution in [0.3, 0.4) is 0 Å². The normalized spacial score (nSPS) is 13.8. The maximum atomic E-state index is 13.5. The number of hydrogen-bond donors (Lipinski definition) is 2. The molecular formula is C64H126N2O7P+. The fourth-order valence-electron chi connectivity index (χ4n) is 9.64. The summed E-state index contributed by atoms with van der Waals surface area (Å²) in [6, 6.07) is -0.842. The van der Waals surface area contributed by atoms with Gasteiger partial charge in [-0.15, -0.1) is 0 Å². The average molecular weight is 1070 g/mol. The number of amides is 1. The monoisotopic (exact) mass is 1070 g/mol. The minimum Gasteiger partial charge on any atom is -0.456 e. The van der Waals surface area contributed by atoms with Gasteiger partial charge in [-0.25, -0.2) is 4.57 Å². The van der Waals surface area contributed by atoms with Gasteiger partial charge in [-0.05, 0) is 57.4 Å². The van der Waals surface area contributed by atoms with Crippen molar-refractivity contribution in [3.05, 3.63) is 24.3 Å². The van der Waals surface area contributed by atoms with Crippen molar-refractivity contribution in [3.8, 4) is 0 Å². The van der Waals surface area contributed by atoms with E-state index in [1.54, 1.807) is 0 Å². The molecule has 0 saturated carbocycles. The van der Waals surface area contributed by atoms with Crippen molar-refractivity contribution in [3.63, 3.8) is 0 Å². The Morgan fingerprint density at radius 2 is 0.784 bits per heavy atom. The van der Waals surface area contributed by atoms with Crippen molar-refractivity contribution in [2.75, 3.05) is 40.9 Å². The van der Waals surface area contributed by atoms with Crippen molar-refractivity contribution >= 4 is 19.7 Å². The Bertz CT molecular complexity index is 1320. The maximum Gasteiger partial charge on any atom is 0.472 e. The lowest BCUT2D eigenvalue weighted by Gasteiger charge is -2.27. The zero-order valence-electron chi connectivity index (χ0n) is 50.1. The predicted molar refractivity (Wildman–Crippen MR) is 319 cm³/mol. The molecule has 0 radical (unpaired) electrons. The number of phosphoric ester groups is 1. The Kier molecular flexibility index (Phi) is 53.7. The summed E-state index contributed by atoms with van der Waals surface area (Å²) >= 11 is 0. The maximum absolute atomic E-state index is 13.5. The molecule has 10 heteroatoms. The van der Waals surface area contributed by atoms with Gasteiger partial charge in [-0.3, -0.25) is 18.6 Å². The molecule has 0 rings (SSSR count). The predicted octanol–water partition coefficient (Wildman–Crippen LogP) is 19.7. The number of carbonyl (C=O) groups excluding carboxylic acids is 2. The third kappa shape index (κ3) is 55.3. The Morgan fingerprint density at radius 3 is 1.15 bits per heavy atom. The molecule has 438 valence electrons. The molecule has 0 heterocycles. The van der Waals surface area contributed by atoms with Crippen LogP contribution in [0.25, 0.3) is 0 Å². The number of ether oxygens (including phenoxy) is 1. The van der Waals surface area contributed by atoms with E-state index in [2.05, 4.69) is 38.2 Å². The second-order valence-electron chi connectivity index (χ2n) is 23.3. The first kappa shape index (κ1) is 72.5. The van der Waals surface area contributed by atoms with Gasteiger partial charge < -0.3 is 19.4 Å². The highest BCUT2D eigenvalue weighted by Gasteiger charge is 2.30. The first-order valence-corrected chi connectivity index (χ1v) is 33.7. The summed E-state index contributed by atoms with van der Waals surface area (Å²) in [5, 5.41) is 3.06. The van der Waals surface area contributed by atoms with Crippen LogP contribution in [0.1, 0.15) is 323 Å². The number of nitrogens with one attached hydrogen (secondary N) is 1. The van der Waals surface area contributed by atoms with Crippen molar-refractivity contribution in [2.45, 2.75) is 335 Å². The first-order chi connectivity index (χ1) is 35.9. The fourth-order valence-corrected chi connectivity index (χ4v) is 10.4. The van der Waals surface area contributed by atoms with E-state index < -0.39 is 20.0 Å². The Morgan fingerprint density at radius 1 is 0.459 bits per heavy atom. The molecule has 9 nitrogen and oxygen atoms in total. The van der Waals surface area contributed by atoms with Crippen LogP contribution in [0.15, 0.2) is 24.3 Å². The van der Waals surface area contributed by atoms with E-state index in [1.165, 1.54) is 231 Å². The molecule has 0 aliphatic heterocycles. The molecule has 0 aromatic carbocycles. The van der Waals surface area contributed by atoms with Gasteiger partial charge in [-0.2, -0.15) is 0 Å². The van der Waals surface area contributed by atoms with E-state index in [0.717, 1.165) is 57.8 Å². The second kappa shape index (κ2) is 54.8.